The normalized spacial score (nSPS) is 25.8. The van der Waals surface area contributed by atoms with Crippen molar-refractivity contribution in [2.45, 2.75) is 65.2 Å². The van der Waals surface area contributed by atoms with E-state index in [1.165, 1.54) is 11.1 Å². The molecule has 23 heavy (non-hydrogen) atoms. The monoisotopic (exact) mass is 314 g/mol. The van der Waals surface area contributed by atoms with Crippen LogP contribution in [0.2, 0.25) is 0 Å². The van der Waals surface area contributed by atoms with Crippen molar-refractivity contribution in [2.75, 3.05) is 0 Å². The zero-order valence-corrected chi connectivity index (χ0v) is 14.6. The lowest BCUT2D eigenvalue weighted by molar-refractivity contribution is -0.135. The van der Waals surface area contributed by atoms with E-state index >= 15 is 0 Å². The molecule has 3 rings (SSSR count). The second kappa shape index (κ2) is 5.12. The lowest BCUT2D eigenvalue weighted by Crippen LogP contribution is -2.26. The number of benzene rings is 1. The average molecular weight is 314 g/mol. The van der Waals surface area contributed by atoms with Crippen LogP contribution in [-0.2, 0) is 23.1 Å². The van der Waals surface area contributed by atoms with E-state index in [4.69, 9.17) is 4.74 Å². The molecule has 1 aromatic rings. The lowest BCUT2D eigenvalue weighted by atomic mass is 9.69. The number of carbonyl (C=O) groups is 1. The predicted molar refractivity (Wildman–Crippen MR) is 91.1 cm³/mol. The van der Waals surface area contributed by atoms with Gasteiger partial charge in [0.15, 0.2) is 11.5 Å². The van der Waals surface area contributed by atoms with Gasteiger partial charge in [0.05, 0.1) is 6.42 Å². The minimum Gasteiger partial charge on any atom is -0.504 e. The van der Waals surface area contributed by atoms with Crippen LogP contribution in [0.15, 0.2) is 12.7 Å². The molecule has 1 aromatic carbocycles. The summed E-state index contributed by atoms with van der Waals surface area (Å²) in [6, 6.07) is 0. The van der Waals surface area contributed by atoms with Gasteiger partial charge in [-0.2, -0.15) is 0 Å². The number of esters is 1. The predicted octanol–water partition coefficient (Wildman–Crippen LogP) is 4.36. The summed E-state index contributed by atoms with van der Waals surface area (Å²) in [5, 5.41) is 10.9. The van der Waals surface area contributed by atoms with Crippen molar-refractivity contribution >= 4 is 5.97 Å². The molecule has 3 nitrogen and oxygen atoms in total. The first kappa shape index (κ1) is 16.1. The first-order chi connectivity index (χ1) is 10.7. The van der Waals surface area contributed by atoms with Gasteiger partial charge in [0.1, 0.15) is 0 Å². The molecule has 0 amide bonds. The van der Waals surface area contributed by atoms with Gasteiger partial charge < -0.3 is 9.84 Å². The molecule has 0 radical (unpaired) electrons. The standard InChI is InChI=1S/C20H26O3/c1-6-20(5)10-14-12(2)13-8-7-9-19(3,4)16(13)17(22)18(14)23-15(21)11-20/h6,22H,1,7-11H2,2-5H3. The smallest absolute Gasteiger partial charge is 0.312 e. The van der Waals surface area contributed by atoms with Crippen molar-refractivity contribution in [3.63, 3.8) is 0 Å². The van der Waals surface area contributed by atoms with Gasteiger partial charge in [0, 0.05) is 11.1 Å². The number of carbonyl (C=O) groups excluding carboxylic acids is 1. The second-order valence-corrected chi connectivity index (χ2v) is 8.06. The Morgan fingerprint density at radius 3 is 2.57 bits per heavy atom. The molecule has 1 N–H and O–H groups in total. The van der Waals surface area contributed by atoms with Gasteiger partial charge in [-0.25, -0.2) is 0 Å². The minimum absolute atomic E-state index is 0.0993. The van der Waals surface area contributed by atoms with Gasteiger partial charge in [-0.1, -0.05) is 26.8 Å². The maximum absolute atomic E-state index is 12.2. The molecule has 1 heterocycles. The average Bonchev–Trinajstić information content (AvgIpc) is 2.60. The number of phenolic OH excluding ortho intramolecular Hbond substituents is 1. The first-order valence-electron chi connectivity index (χ1n) is 8.40. The summed E-state index contributed by atoms with van der Waals surface area (Å²) in [5.74, 6) is 0.258. The molecule has 0 aromatic heterocycles. The topological polar surface area (TPSA) is 46.5 Å². The highest BCUT2D eigenvalue weighted by atomic mass is 16.5. The number of hydrogen-bond acceptors (Lipinski definition) is 3. The van der Waals surface area contributed by atoms with Crippen molar-refractivity contribution in [1.29, 1.82) is 0 Å². The molecule has 1 atom stereocenters. The third kappa shape index (κ3) is 2.46. The van der Waals surface area contributed by atoms with Gasteiger partial charge >= 0.3 is 5.97 Å². The Morgan fingerprint density at radius 2 is 1.91 bits per heavy atom. The van der Waals surface area contributed by atoms with Crippen LogP contribution in [-0.4, -0.2) is 11.1 Å². The zero-order valence-electron chi connectivity index (χ0n) is 14.6. The van der Waals surface area contributed by atoms with E-state index in [2.05, 4.69) is 27.4 Å². The van der Waals surface area contributed by atoms with Crippen LogP contribution < -0.4 is 4.74 Å². The van der Waals surface area contributed by atoms with Crippen molar-refractivity contribution in [1.82, 2.24) is 0 Å². The van der Waals surface area contributed by atoms with E-state index < -0.39 is 0 Å². The Hall–Kier alpha value is -1.77. The SMILES string of the molecule is C=CC1(C)CC(=O)Oc2c(O)c3c(c(C)c2C1)CCCC3(C)C. The van der Waals surface area contributed by atoms with Gasteiger partial charge in [-0.05, 0) is 54.6 Å². The highest BCUT2D eigenvalue weighted by Gasteiger charge is 2.39. The Kier molecular flexibility index (Phi) is 3.58. The van der Waals surface area contributed by atoms with E-state index in [9.17, 15) is 9.90 Å². The minimum atomic E-state index is -0.335. The Labute approximate surface area is 138 Å². The van der Waals surface area contributed by atoms with Gasteiger partial charge in [0.2, 0.25) is 0 Å². The van der Waals surface area contributed by atoms with Crippen LogP contribution in [0.4, 0.5) is 0 Å². The van der Waals surface area contributed by atoms with E-state index in [1.807, 2.05) is 13.0 Å². The summed E-state index contributed by atoms with van der Waals surface area (Å²) in [6.45, 7) is 12.3. The molecule has 0 saturated heterocycles. The Bertz CT molecular complexity index is 700. The second-order valence-electron chi connectivity index (χ2n) is 8.06. The number of ether oxygens (including phenoxy) is 1. The molecule has 124 valence electrons. The molecule has 0 spiro atoms. The van der Waals surface area contributed by atoms with Crippen LogP contribution in [0.5, 0.6) is 11.5 Å². The fourth-order valence-electron chi connectivity index (χ4n) is 4.23. The summed E-state index contributed by atoms with van der Waals surface area (Å²) in [5.41, 5.74) is 3.91. The number of hydrogen-bond donors (Lipinski definition) is 1. The van der Waals surface area contributed by atoms with Crippen molar-refractivity contribution in [2.24, 2.45) is 5.41 Å². The van der Waals surface area contributed by atoms with Crippen molar-refractivity contribution in [3.05, 3.63) is 34.9 Å². The highest BCUT2D eigenvalue weighted by Crippen LogP contribution is 2.51. The molecule has 1 aliphatic carbocycles. The maximum atomic E-state index is 12.2. The summed E-state index contributed by atoms with van der Waals surface area (Å²) < 4.78 is 5.59. The van der Waals surface area contributed by atoms with Gasteiger partial charge in [-0.3, -0.25) is 4.79 Å². The zero-order chi connectivity index (χ0) is 17.0. The first-order valence-corrected chi connectivity index (χ1v) is 8.40. The molecule has 0 bridgehead atoms. The van der Waals surface area contributed by atoms with E-state index in [0.717, 1.165) is 30.4 Å². The number of fused-ring (bicyclic) bond motifs is 2. The number of rotatable bonds is 1. The lowest BCUT2D eigenvalue weighted by Gasteiger charge is -2.36. The fourth-order valence-corrected chi connectivity index (χ4v) is 4.23. The molecular weight excluding hydrogens is 288 g/mol. The number of allylic oxidation sites excluding steroid dienone is 1. The van der Waals surface area contributed by atoms with E-state index in [0.29, 0.717) is 12.2 Å². The summed E-state index contributed by atoms with van der Waals surface area (Å²) >= 11 is 0. The maximum Gasteiger partial charge on any atom is 0.312 e. The van der Waals surface area contributed by atoms with Crippen LogP contribution in [0.25, 0.3) is 0 Å². The third-order valence-corrected chi connectivity index (χ3v) is 5.68. The molecule has 0 fully saturated rings. The molecule has 3 heteroatoms. The number of aromatic hydroxyl groups is 1. The van der Waals surface area contributed by atoms with E-state index in [-0.39, 0.29) is 29.0 Å². The van der Waals surface area contributed by atoms with Gasteiger partial charge in [-0.15, -0.1) is 6.58 Å². The molecule has 0 saturated carbocycles. The Balaban J connectivity index is 2.29. The quantitative estimate of drug-likeness (QED) is 0.476. The largest absolute Gasteiger partial charge is 0.504 e. The van der Waals surface area contributed by atoms with Crippen molar-refractivity contribution < 1.29 is 14.6 Å². The molecular formula is C20H26O3. The van der Waals surface area contributed by atoms with Crippen LogP contribution in [0, 0.1) is 12.3 Å². The van der Waals surface area contributed by atoms with Crippen LogP contribution in [0.3, 0.4) is 0 Å². The number of phenols is 1. The summed E-state index contributed by atoms with van der Waals surface area (Å²) in [4.78, 5) is 12.2. The summed E-state index contributed by atoms with van der Waals surface area (Å²) in [7, 11) is 0. The van der Waals surface area contributed by atoms with E-state index in [1.54, 1.807) is 0 Å². The molecule has 1 unspecified atom stereocenters. The summed E-state index contributed by atoms with van der Waals surface area (Å²) in [6.07, 6.45) is 5.93. The fraction of sp³-hybridized carbons (Fsp3) is 0.550. The highest BCUT2D eigenvalue weighted by molar-refractivity contribution is 5.78. The Morgan fingerprint density at radius 1 is 1.22 bits per heavy atom. The van der Waals surface area contributed by atoms with Crippen molar-refractivity contribution in [3.8, 4) is 11.5 Å². The molecule has 2 aliphatic rings. The van der Waals surface area contributed by atoms with Crippen LogP contribution in [0.1, 0.15) is 62.3 Å². The van der Waals surface area contributed by atoms with Gasteiger partial charge in [0.25, 0.3) is 0 Å². The van der Waals surface area contributed by atoms with Crippen LogP contribution >= 0.6 is 0 Å². The third-order valence-electron chi connectivity index (χ3n) is 5.68. The molecule has 1 aliphatic heterocycles.